The predicted molar refractivity (Wildman–Crippen MR) is 102 cm³/mol. The molecule has 0 atom stereocenters. The molecule has 0 unspecified atom stereocenters. The Morgan fingerprint density at radius 2 is 2.16 bits per heavy atom. The molecule has 1 aliphatic heterocycles. The summed E-state index contributed by atoms with van der Waals surface area (Å²) < 4.78 is 0. The number of hydrogen-bond donors (Lipinski definition) is 2. The zero-order chi connectivity index (χ0) is 18.0. The van der Waals surface area contributed by atoms with Crippen molar-refractivity contribution in [1.29, 1.82) is 0 Å². The van der Waals surface area contributed by atoms with Crippen LogP contribution < -0.4 is 15.7 Å². The predicted octanol–water partition coefficient (Wildman–Crippen LogP) is 3.31. The third-order valence-corrected chi connectivity index (χ3v) is 5.72. The van der Waals surface area contributed by atoms with E-state index in [9.17, 15) is 9.59 Å². The second kappa shape index (κ2) is 7.38. The van der Waals surface area contributed by atoms with E-state index >= 15 is 0 Å². The SMILES string of the molecule is CC(=O)c1sc(N/N=C2/NC(=O)/C(=C\c3ccccc3Cl)S2)[nH+]c1C. The number of aromatic amines is 1. The van der Waals surface area contributed by atoms with E-state index in [0.29, 0.717) is 25.1 Å². The van der Waals surface area contributed by atoms with E-state index in [2.05, 4.69) is 20.8 Å². The number of rotatable bonds is 4. The number of benzene rings is 1. The topological polar surface area (TPSA) is 84.7 Å². The van der Waals surface area contributed by atoms with E-state index in [1.165, 1.54) is 30.0 Å². The fourth-order valence-corrected chi connectivity index (χ4v) is 3.94. The molecule has 6 nitrogen and oxygen atoms in total. The first-order valence-corrected chi connectivity index (χ1v) is 9.28. The number of Topliss-reactive ketones (excluding diaryl/α,β-unsaturated/α-hetero) is 1. The van der Waals surface area contributed by atoms with Crippen molar-refractivity contribution in [3.8, 4) is 0 Å². The maximum Gasteiger partial charge on any atom is 0.357 e. The maximum absolute atomic E-state index is 12.1. The molecule has 0 aliphatic carbocycles. The van der Waals surface area contributed by atoms with Crippen LogP contribution in [0.3, 0.4) is 0 Å². The lowest BCUT2D eigenvalue weighted by molar-refractivity contribution is -0.364. The molecule has 1 fully saturated rings. The van der Waals surface area contributed by atoms with Gasteiger partial charge in [0.2, 0.25) is 5.17 Å². The summed E-state index contributed by atoms with van der Waals surface area (Å²) in [6, 6.07) is 7.29. The Balaban J connectivity index is 1.74. The molecule has 1 aromatic carbocycles. The van der Waals surface area contributed by atoms with E-state index in [1.54, 1.807) is 12.1 Å². The average molecular weight is 394 g/mol. The van der Waals surface area contributed by atoms with Crippen LogP contribution in [0.15, 0.2) is 34.3 Å². The number of aryl methyl sites for hydroxylation is 1. The zero-order valence-electron chi connectivity index (χ0n) is 13.3. The number of aromatic nitrogens is 1. The Morgan fingerprint density at radius 1 is 1.40 bits per heavy atom. The lowest BCUT2D eigenvalue weighted by Gasteiger charge is -1.97. The normalized spacial score (nSPS) is 17.2. The second-order valence-corrected chi connectivity index (χ2v) is 7.64. The van der Waals surface area contributed by atoms with E-state index in [4.69, 9.17) is 11.6 Å². The molecule has 0 saturated carbocycles. The summed E-state index contributed by atoms with van der Waals surface area (Å²) >= 11 is 8.60. The molecule has 3 rings (SSSR count). The van der Waals surface area contributed by atoms with Gasteiger partial charge in [-0.15, -0.1) is 5.43 Å². The van der Waals surface area contributed by atoms with Gasteiger partial charge in [-0.05, 0) is 47.7 Å². The van der Waals surface area contributed by atoms with Gasteiger partial charge in [-0.3, -0.25) is 14.9 Å². The molecule has 2 heterocycles. The number of anilines is 1. The van der Waals surface area contributed by atoms with Crippen LogP contribution in [0.25, 0.3) is 6.08 Å². The summed E-state index contributed by atoms with van der Waals surface area (Å²) in [6.07, 6.45) is 1.72. The average Bonchev–Trinajstić information content (AvgIpc) is 3.10. The molecule has 2 aromatic rings. The molecule has 1 aromatic heterocycles. The first-order chi connectivity index (χ1) is 11.9. The molecule has 1 aliphatic rings. The first kappa shape index (κ1) is 17.7. The van der Waals surface area contributed by atoms with Gasteiger partial charge in [0, 0.05) is 11.9 Å². The largest absolute Gasteiger partial charge is 0.357 e. The van der Waals surface area contributed by atoms with Crippen molar-refractivity contribution in [3.05, 3.63) is 50.3 Å². The fourth-order valence-electron chi connectivity index (χ4n) is 2.13. The monoisotopic (exact) mass is 393 g/mol. The number of amides is 1. The van der Waals surface area contributed by atoms with Crippen molar-refractivity contribution in [2.75, 3.05) is 5.43 Å². The summed E-state index contributed by atoms with van der Waals surface area (Å²) in [7, 11) is 0. The van der Waals surface area contributed by atoms with Crippen LogP contribution in [0.2, 0.25) is 5.02 Å². The maximum atomic E-state index is 12.1. The highest BCUT2D eigenvalue weighted by Crippen LogP contribution is 2.28. The van der Waals surface area contributed by atoms with Gasteiger partial charge in [0.25, 0.3) is 5.91 Å². The van der Waals surface area contributed by atoms with Gasteiger partial charge in [-0.25, -0.2) is 4.98 Å². The number of carbonyl (C=O) groups excluding carboxylic acids is 2. The summed E-state index contributed by atoms with van der Waals surface area (Å²) in [4.78, 5) is 27.7. The third kappa shape index (κ3) is 4.09. The van der Waals surface area contributed by atoms with Crippen LogP contribution in [0, 0.1) is 6.92 Å². The molecule has 128 valence electrons. The fraction of sp³-hybridized carbons (Fsp3) is 0.125. The van der Waals surface area contributed by atoms with Crippen LogP contribution in [-0.4, -0.2) is 16.9 Å². The molecule has 0 spiro atoms. The number of H-pyrrole nitrogens is 1. The summed E-state index contributed by atoms with van der Waals surface area (Å²) in [5, 5.41) is 8.46. The van der Waals surface area contributed by atoms with E-state index in [1.807, 2.05) is 25.1 Å². The number of carbonyl (C=O) groups is 2. The molecule has 0 bridgehead atoms. The number of nitrogens with one attached hydrogen (secondary N) is 3. The quantitative estimate of drug-likeness (QED) is 0.474. The van der Waals surface area contributed by atoms with Crippen molar-refractivity contribution in [2.45, 2.75) is 13.8 Å². The molecular weight excluding hydrogens is 380 g/mol. The third-order valence-electron chi connectivity index (χ3n) is 3.27. The highest BCUT2D eigenvalue weighted by molar-refractivity contribution is 8.18. The summed E-state index contributed by atoms with van der Waals surface area (Å²) in [6.45, 7) is 3.34. The van der Waals surface area contributed by atoms with Crippen molar-refractivity contribution in [3.63, 3.8) is 0 Å². The van der Waals surface area contributed by atoms with Crippen molar-refractivity contribution in [2.24, 2.45) is 5.10 Å². The van der Waals surface area contributed by atoms with Crippen molar-refractivity contribution < 1.29 is 14.6 Å². The van der Waals surface area contributed by atoms with Gasteiger partial charge >= 0.3 is 5.13 Å². The highest BCUT2D eigenvalue weighted by atomic mass is 35.5. The number of nitrogens with zero attached hydrogens (tertiary/aromatic N) is 1. The lowest BCUT2D eigenvalue weighted by Crippen LogP contribution is -2.21. The molecule has 1 amide bonds. The number of thiazole rings is 1. The highest BCUT2D eigenvalue weighted by Gasteiger charge is 2.25. The molecule has 3 N–H and O–H groups in total. The van der Waals surface area contributed by atoms with E-state index < -0.39 is 0 Å². The second-order valence-electron chi connectivity index (χ2n) is 5.18. The summed E-state index contributed by atoms with van der Waals surface area (Å²) in [5.74, 6) is -0.241. The van der Waals surface area contributed by atoms with Crippen LogP contribution in [0.4, 0.5) is 5.13 Å². The van der Waals surface area contributed by atoms with Crippen LogP contribution in [0.5, 0.6) is 0 Å². The van der Waals surface area contributed by atoms with E-state index in [-0.39, 0.29) is 11.7 Å². The molecule has 9 heteroatoms. The van der Waals surface area contributed by atoms with Gasteiger partial charge in [0.1, 0.15) is 10.6 Å². The number of hydrogen-bond acceptors (Lipinski definition) is 6. The minimum Gasteiger partial charge on any atom is -0.297 e. The number of amidine groups is 1. The van der Waals surface area contributed by atoms with Gasteiger partial charge in [-0.1, -0.05) is 34.9 Å². The molecule has 0 radical (unpaired) electrons. The minimum absolute atomic E-state index is 0.00652. The van der Waals surface area contributed by atoms with Crippen molar-refractivity contribution >= 4 is 62.8 Å². The lowest BCUT2D eigenvalue weighted by atomic mass is 10.2. The number of halogens is 1. The van der Waals surface area contributed by atoms with Gasteiger partial charge < -0.3 is 0 Å². The molecule has 25 heavy (non-hydrogen) atoms. The van der Waals surface area contributed by atoms with Crippen LogP contribution in [0.1, 0.15) is 27.9 Å². The smallest absolute Gasteiger partial charge is 0.297 e. The van der Waals surface area contributed by atoms with Gasteiger partial charge in [0.15, 0.2) is 5.78 Å². The zero-order valence-corrected chi connectivity index (χ0v) is 15.7. The number of hydrazone groups is 1. The molecular formula is C16H14ClN4O2S2+. The van der Waals surface area contributed by atoms with Gasteiger partial charge in [0.05, 0.1) is 4.91 Å². The standard InChI is InChI=1S/C16H13ClN4O2S2/c1-8-13(9(2)22)25-15(18-8)20-21-16-19-14(23)12(24-16)7-10-5-3-4-6-11(10)17/h3-7H,1-2H3,(H,18,20)(H,19,21,23)/p+1/b12-7+. The Labute approximate surface area is 157 Å². The number of ketones is 1. The Hall–Kier alpha value is -2.16. The minimum atomic E-state index is -0.235. The van der Waals surface area contributed by atoms with Crippen LogP contribution >= 0.6 is 34.7 Å². The van der Waals surface area contributed by atoms with E-state index in [0.717, 1.165) is 11.3 Å². The Morgan fingerprint density at radius 3 is 2.84 bits per heavy atom. The Kier molecular flexibility index (Phi) is 5.22. The van der Waals surface area contributed by atoms with Crippen molar-refractivity contribution in [1.82, 2.24) is 5.32 Å². The summed E-state index contributed by atoms with van der Waals surface area (Å²) in [5.41, 5.74) is 4.38. The number of thioether (sulfide) groups is 1. The Bertz CT molecular complexity index is 921. The van der Waals surface area contributed by atoms with Crippen LogP contribution in [-0.2, 0) is 4.79 Å². The first-order valence-electron chi connectivity index (χ1n) is 7.27. The van der Waals surface area contributed by atoms with Gasteiger partial charge in [-0.2, -0.15) is 0 Å². The molecule has 1 saturated heterocycles.